The van der Waals surface area contributed by atoms with Crippen molar-refractivity contribution >= 4 is 39.8 Å². The minimum Gasteiger partial charge on any atom is -0.489 e. The van der Waals surface area contributed by atoms with E-state index < -0.39 is 11.7 Å². The van der Waals surface area contributed by atoms with Gasteiger partial charge in [-0.05, 0) is 43.2 Å². The molecule has 8 nitrogen and oxygen atoms in total. The van der Waals surface area contributed by atoms with Crippen LogP contribution in [0.1, 0.15) is 29.7 Å². The van der Waals surface area contributed by atoms with Crippen LogP contribution in [0.25, 0.3) is 22.2 Å². The summed E-state index contributed by atoms with van der Waals surface area (Å²) in [7, 11) is 0. The van der Waals surface area contributed by atoms with Gasteiger partial charge in [-0.3, -0.25) is 4.98 Å². The molecular formula is C24H21ClF3N7O. The number of halogens is 4. The number of anilines is 3. The normalized spacial score (nSPS) is 14.4. The van der Waals surface area contributed by atoms with Crippen molar-refractivity contribution < 1.29 is 17.9 Å². The molecule has 0 amide bonds. The third kappa shape index (κ3) is 3.98. The Bertz CT molecular complexity index is 1500. The van der Waals surface area contributed by atoms with Crippen molar-refractivity contribution in [2.75, 3.05) is 29.5 Å². The van der Waals surface area contributed by atoms with Crippen LogP contribution in [-0.2, 0) is 6.18 Å². The van der Waals surface area contributed by atoms with Crippen molar-refractivity contribution in [2.45, 2.75) is 26.1 Å². The van der Waals surface area contributed by atoms with E-state index in [9.17, 15) is 13.2 Å². The highest BCUT2D eigenvalue weighted by Gasteiger charge is 2.38. The highest BCUT2D eigenvalue weighted by Crippen LogP contribution is 2.48. The summed E-state index contributed by atoms with van der Waals surface area (Å²) in [4.78, 5) is 19.0. The van der Waals surface area contributed by atoms with Gasteiger partial charge in [0.05, 0.1) is 45.5 Å². The maximum atomic E-state index is 14.0. The molecule has 0 bridgehead atoms. The Hall–Kier alpha value is -3.86. The van der Waals surface area contributed by atoms with E-state index in [0.29, 0.717) is 29.0 Å². The number of aryl methyl sites for hydroxylation is 1. The van der Waals surface area contributed by atoms with Crippen LogP contribution in [0.5, 0.6) is 5.75 Å². The van der Waals surface area contributed by atoms with Gasteiger partial charge in [-0.1, -0.05) is 11.6 Å². The van der Waals surface area contributed by atoms with Crippen molar-refractivity contribution in [3.05, 3.63) is 58.6 Å². The molecule has 0 aliphatic carbocycles. The number of ether oxygens (including phenoxy) is 1. The molecule has 3 aromatic heterocycles. The SMILES string of the molecule is Cc1cc(N)nc(-c2cc3ncnc4c3c(c2Cl)OCCN4[C@H](C)c2cncc(N)c2)c1C(F)(F)F. The third-order valence-corrected chi connectivity index (χ3v) is 6.53. The summed E-state index contributed by atoms with van der Waals surface area (Å²) in [6, 6.07) is 4.27. The number of pyridine rings is 2. The summed E-state index contributed by atoms with van der Waals surface area (Å²) in [5.41, 5.74) is 12.1. The van der Waals surface area contributed by atoms with E-state index in [1.807, 2.05) is 17.9 Å². The number of hydrogen-bond donors (Lipinski definition) is 2. The van der Waals surface area contributed by atoms with E-state index >= 15 is 0 Å². The van der Waals surface area contributed by atoms with Crippen LogP contribution >= 0.6 is 11.6 Å². The van der Waals surface area contributed by atoms with Crippen molar-refractivity contribution in [3.63, 3.8) is 0 Å². The average Bonchev–Trinajstić information content (AvgIpc) is 3.00. The Kier molecular flexibility index (Phi) is 5.74. The fourth-order valence-corrected chi connectivity index (χ4v) is 4.83. The van der Waals surface area contributed by atoms with Gasteiger partial charge in [0, 0.05) is 18.0 Å². The summed E-state index contributed by atoms with van der Waals surface area (Å²) in [5, 5.41) is 0.461. The Morgan fingerprint density at radius 1 is 1.14 bits per heavy atom. The van der Waals surface area contributed by atoms with E-state index in [1.165, 1.54) is 25.4 Å². The minimum absolute atomic E-state index is 0.0214. The number of nitrogens with zero attached hydrogens (tertiary/aromatic N) is 5. The quantitative estimate of drug-likeness (QED) is 0.383. The maximum Gasteiger partial charge on any atom is 0.418 e. The van der Waals surface area contributed by atoms with Gasteiger partial charge in [-0.25, -0.2) is 15.0 Å². The highest BCUT2D eigenvalue weighted by molar-refractivity contribution is 6.36. The molecular weight excluding hydrogens is 495 g/mol. The lowest BCUT2D eigenvalue weighted by Gasteiger charge is -2.29. The van der Waals surface area contributed by atoms with E-state index in [2.05, 4.69) is 19.9 Å². The fraction of sp³-hybridized carbons (Fsp3) is 0.250. The molecule has 0 radical (unpaired) electrons. The van der Waals surface area contributed by atoms with Crippen LogP contribution in [0.3, 0.4) is 0 Å². The van der Waals surface area contributed by atoms with Crippen LogP contribution < -0.4 is 21.1 Å². The van der Waals surface area contributed by atoms with Gasteiger partial charge in [0.1, 0.15) is 24.6 Å². The van der Waals surface area contributed by atoms with Gasteiger partial charge in [0.25, 0.3) is 0 Å². The Labute approximate surface area is 209 Å². The van der Waals surface area contributed by atoms with Gasteiger partial charge in [-0.15, -0.1) is 0 Å². The molecule has 0 unspecified atom stereocenters. The molecule has 1 aromatic carbocycles. The zero-order valence-corrected chi connectivity index (χ0v) is 20.0. The Morgan fingerprint density at radius 2 is 1.92 bits per heavy atom. The second-order valence-electron chi connectivity index (χ2n) is 8.51. The highest BCUT2D eigenvalue weighted by atomic mass is 35.5. The number of benzene rings is 1. The first-order chi connectivity index (χ1) is 17.1. The van der Waals surface area contributed by atoms with Crippen molar-refractivity contribution in [1.29, 1.82) is 0 Å². The lowest BCUT2D eigenvalue weighted by Crippen LogP contribution is -2.31. The number of hydrogen-bond acceptors (Lipinski definition) is 8. The van der Waals surface area contributed by atoms with E-state index in [-0.39, 0.29) is 46.1 Å². The van der Waals surface area contributed by atoms with Crippen LogP contribution in [0.4, 0.5) is 30.5 Å². The zero-order valence-electron chi connectivity index (χ0n) is 19.3. The van der Waals surface area contributed by atoms with E-state index in [1.54, 1.807) is 12.4 Å². The molecule has 0 saturated carbocycles. The predicted molar refractivity (Wildman–Crippen MR) is 132 cm³/mol. The fourth-order valence-electron chi connectivity index (χ4n) is 4.54. The number of aromatic nitrogens is 4. The first-order valence-electron chi connectivity index (χ1n) is 11.0. The van der Waals surface area contributed by atoms with Crippen LogP contribution in [-0.4, -0.2) is 33.1 Å². The zero-order chi connectivity index (χ0) is 25.8. The minimum atomic E-state index is -4.68. The molecule has 12 heteroatoms. The van der Waals surface area contributed by atoms with Crippen LogP contribution in [0.15, 0.2) is 36.9 Å². The van der Waals surface area contributed by atoms with Gasteiger partial charge >= 0.3 is 6.18 Å². The van der Waals surface area contributed by atoms with Gasteiger partial charge in [0.15, 0.2) is 5.75 Å². The molecule has 4 aromatic rings. The van der Waals surface area contributed by atoms with Gasteiger partial charge in [0.2, 0.25) is 0 Å². The maximum absolute atomic E-state index is 14.0. The van der Waals surface area contributed by atoms with Crippen LogP contribution in [0, 0.1) is 6.92 Å². The Balaban J connectivity index is 1.74. The molecule has 0 spiro atoms. The second kappa shape index (κ2) is 8.66. The average molecular weight is 516 g/mol. The number of nitrogens with two attached hydrogens (primary N) is 2. The molecule has 36 heavy (non-hydrogen) atoms. The molecule has 1 aliphatic heterocycles. The van der Waals surface area contributed by atoms with Crippen molar-refractivity contribution in [2.24, 2.45) is 0 Å². The Morgan fingerprint density at radius 3 is 2.64 bits per heavy atom. The van der Waals surface area contributed by atoms with Crippen molar-refractivity contribution in [3.8, 4) is 17.0 Å². The standard InChI is InChI=1S/C24H21ClF3N7O/c1-11-5-17(30)34-21(19(11)24(26,27)28)15-7-16-18-22(20(15)25)36-4-3-35(23(18)33-10-32-16)12(2)13-6-14(29)9-31-8-13/h5-10,12H,3-4,29H2,1-2H3,(H2,30,34)/t12-/m1/s1. The largest absolute Gasteiger partial charge is 0.489 e. The molecule has 4 heterocycles. The first-order valence-corrected chi connectivity index (χ1v) is 11.4. The number of nitrogen functional groups attached to an aromatic ring is 2. The molecule has 0 saturated heterocycles. The monoisotopic (exact) mass is 515 g/mol. The molecule has 186 valence electrons. The predicted octanol–water partition coefficient (Wildman–Crippen LogP) is 5.19. The number of rotatable bonds is 3. The van der Waals surface area contributed by atoms with Crippen molar-refractivity contribution in [1.82, 2.24) is 19.9 Å². The summed E-state index contributed by atoms with van der Waals surface area (Å²) >= 11 is 6.72. The summed E-state index contributed by atoms with van der Waals surface area (Å²) in [6.45, 7) is 3.92. The smallest absolute Gasteiger partial charge is 0.418 e. The van der Waals surface area contributed by atoms with E-state index in [0.717, 1.165) is 5.56 Å². The summed E-state index contributed by atoms with van der Waals surface area (Å²) in [5.74, 6) is 0.663. The molecule has 0 fully saturated rings. The molecule has 5 rings (SSSR count). The topological polar surface area (TPSA) is 116 Å². The number of alkyl halides is 3. The van der Waals surface area contributed by atoms with Crippen LogP contribution in [0.2, 0.25) is 5.02 Å². The molecule has 1 aliphatic rings. The summed E-state index contributed by atoms with van der Waals surface area (Å²) in [6.07, 6.45) is -0.0519. The van der Waals surface area contributed by atoms with Gasteiger partial charge < -0.3 is 21.1 Å². The van der Waals surface area contributed by atoms with E-state index in [4.69, 9.17) is 27.8 Å². The lowest BCUT2D eigenvalue weighted by atomic mass is 9.99. The molecule has 1 atom stereocenters. The van der Waals surface area contributed by atoms with Gasteiger partial charge in [-0.2, -0.15) is 13.2 Å². The summed E-state index contributed by atoms with van der Waals surface area (Å²) < 4.78 is 48.1. The third-order valence-electron chi connectivity index (χ3n) is 6.16. The molecule has 4 N–H and O–H groups in total. The first kappa shape index (κ1) is 23.9. The second-order valence-corrected chi connectivity index (χ2v) is 8.89. The lowest BCUT2D eigenvalue weighted by molar-refractivity contribution is -0.137.